The van der Waals surface area contributed by atoms with Crippen LogP contribution >= 0.6 is 0 Å². The van der Waals surface area contributed by atoms with Gasteiger partial charge in [-0.1, -0.05) is 44.2 Å². The van der Waals surface area contributed by atoms with E-state index in [2.05, 4.69) is 36.0 Å². The monoisotopic (exact) mass is 354 g/mol. The lowest BCUT2D eigenvalue weighted by molar-refractivity contribution is 0.0622. The summed E-state index contributed by atoms with van der Waals surface area (Å²) in [5.74, 6) is 0.793. The van der Waals surface area contributed by atoms with Crippen LogP contribution in [0, 0.1) is 19.8 Å². The largest absolute Gasteiger partial charge is 0.336 e. The molecule has 1 aliphatic heterocycles. The number of aromatic nitrogens is 2. The minimum atomic E-state index is 0.128. The van der Waals surface area contributed by atoms with E-state index in [0.29, 0.717) is 12.5 Å². The molecule has 0 radical (unpaired) electrons. The van der Waals surface area contributed by atoms with Crippen molar-refractivity contribution in [1.82, 2.24) is 19.6 Å². The molecule has 1 aromatic carbocycles. The highest BCUT2D eigenvalue weighted by molar-refractivity contribution is 5.96. The number of amides is 1. The Kier molecular flexibility index (Phi) is 5.77. The lowest BCUT2D eigenvalue weighted by Gasteiger charge is -2.35. The van der Waals surface area contributed by atoms with E-state index < -0.39 is 0 Å². The predicted molar refractivity (Wildman–Crippen MR) is 104 cm³/mol. The number of hydrogen-bond donors (Lipinski definition) is 0. The van der Waals surface area contributed by atoms with Crippen molar-refractivity contribution in [3.63, 3.8) is 0 Å². The SMILES string of the molecule is Cc1nn(Cc2ccccc2)c(C)c1C(=O)N1CCN(CC(C)C)CC1. The zero-order valence-corrected chi connectivity index (χ0v) is 16.4. The van der Waals surface area contributed by atoms with Gasteiger partial charge < -0.3 is 4.90 Å². The first-order chi connectivity index (χ1) is 12.5. The Labute approximate surface area is 156 Å². The van der Waals surface area contributed by atoms with E-state index in [1.165, 1.54) is 5.56 Å². The van der Waals surface area contributed by atoms with E-state index in [4.69, 9.17) is 0 Å². The van der Waals surface area contributed by atoms with Crippen molar-refractivity contribution in [2.75, 3.05) is 32.7 Å². The third kappa shape index (κ3) is 4.15. The molecule has 2 aromatic rings. The van der Waals surface area contributed by atoms with E-state index in [9.17, 15) is 4.79 Å². The summed E-state index contributed by atoms with van der Waals surface area (Å²) in [4.78, 5) is 17.5. The fourth-order valence-corrected chi connectivity index (χ4v) is 3.72. The van der Waals surface area contributed by atoms with Gasteiger partial charge in [-0.3, -0.25) is 14.4 Å². The van der Waals surface area contributed by atoms with Crippen LogP contribution in [0.5, 0.6) is 0 Å². The minimum absolute atomic E-state index is 0.128. The van der Waals surface area contributed by atoms with Crippen LogP contribution in [-0.4, -0.2) is 58.2 Å². The number of benzene rings is 1. The molecular weight excluding hydrogens is 324 g/mol. The van der Waals surface area contributed by atoms with Crippen molar-refractivity contribution in [3.05, 3.63) is 52.8 Å². The van der Waals surface area contributed by atoms with Crippen LogP contribution in [-0.2, 0) is 6.54 Å². The average molecular weight is 354 g/mol. The third-order valence-electron chi connectivity index (χ3n) is 5.05. The highest BCUT2D eigenvalue weighted by Gasteiger charge is 2.27. The molecule has 2 heterocycles. The molecule has 5 heteroatoms. The molecule has 1 saturated heterocycles. The van der Waals surface area contributed by atoms with E-state index >= 15 is 0 Å². The van der Waals surface area contributed by atoms with Crippen molar-refractivity contribution in [2.24, 2.45) is 5.92 Å². The van der Waals surface area contributed by atoms with E-state index in [-0.39, 0.29) is 5.91 Å². The maximum atomic E-state index is 13.1. The first-order valence-corrected chi connectivity index (χ1v) is 9.55. The summed E-state index contributed by atoms with van der Waals surface area (Å²) < 4.78 is 1.95. The smallest absolute Gasteiger partial charge is 0.257 e. The average Bonchev–Trinajstić information content (AvgIpc) is 2.89. The quantitative estimate of drug-likeness (QED) is 0.829. The van der Waals surface area contributed by atoms with Gasteiger partial charge in [0.1, 0.15) is 0 Å². The van der Waals surface area contributed by atoms with Crippen molar-refractivity contribution >= 4 is 5.91 Å². The molecule has 0 atom stereocenters. The van der Waals surface area contributed by atoms with Gasteiger partial charge in [0.2, 0.25) is 0 Å². The number of nitrogens with zero attached hydrogens (tertiary/aromatic N) is 4. The van der Waals surface area contributed by atoms with Gasteiger partial charge in [-0.2, -0.15) is 5.10 Å². The molecule has 0 aliphatic carbocycles. The molecule has 0 saturated carbocycles. The van der Waals surface area contributed by atoms with Gasteiger partial charge in [0.05, 0.1) is 17.8 Å². The molecule has 26 heavy (non-hydrogen) atoms. The summed E-state index contributed by atoms with van der Waals surface area (Å²) in [5, 5.41) is 4.63. The molecule has 0 unspecified atom stereocenters. The molecule has 0 spiro atoms. The Hall–Kier alpha value is -2.14. The standard InChI is InChI=1S/C21H30N4O/c1-16(2)14-23-10-12-24(13-11-23)21(26)20-17(3)22-25(18(20)4)15-19-8-6-5-7-9-19/h5-9,16H,10-15H2,1-4H3. The predicted octanol–water partition coefficient (Wildman–Crippen LogP) is 2.96. The fraction of sp³-hybridized carbons (Fsp3) is 0.524. The molecule has 3 rings (SSSR count). The molecule has 1 amide bonds. The number of piperazine rings is 1. The maximum absolute atomic E-state index is 13.1. The van der Waals surface area contributed by atoms with Gasteiger partial charge in [-0.05, 0) is 25.3 Å². The van der Waals surface area contributed by atoms with Crippen LogP contribution < -0.4 is 0 Å². The maximum Gasteiger partial charge on any atom is 0.257 e. The highest BCUT2D eigenvalue weighted by atomic mass is 16.2. The molecule has 0 N–H and O–H groups in total. The third-order valence-corrected chi connectivity index (χ3v) is 5.05. The van der Waals surface area contributed by atoms with Gasteiger partial charge >= 0.3 is 0 Å². The first kappa shape index (κ1) is 18.6. The Morgan fingerprint density at radius 1 is 1.08 bits per heavy atom. The first-order valence-electron chi connectivity index (χ1n) is 9.55. The second-order valence-corrected chi connectivity index (χ2v) is 7.68. The van der Waals surface area contributed by atoms with Crippen LogP contribution in [0.2, 0.25) is 0 Å². The van der Waals surface area contributed by atoms with Gasteiger partial charge in [-0.25, -0.2) is 0 Å². The molecular formula is C21H30N4O. The summed E-state index contributed by atoms with van der Waals surface area (Å²) in [5.41, 5.74) is 3.76. The van der Waals surface area contributed by atoms with Gasteiger partial charge in [-0.15, -0.1) is 0 Å². The Balaban J connectivity index is 1.70. The van der Waals surface area contributed by atoms with Crippen molar-refractivity contribution in [3.8, 4) is 0 Å². The number of carbonyl (C=O) groups excluding carboxylic acids is 1. The lowest BCUT2D eigenvalue weighted by Crippen LogP contribution is -2.49. The van der Waals surface area contributed by atoms with E-state index in [0.717, 1.165) is 49.7 Å². The van der Waals surface area contributed by atoms with Crippen LogP contribution in [0.1, 0.15) is 41.2 Å². The van der Waals surface area contributed by atoms with Gasteiger partial charge in [0, 0.05) is 38.4 Å². The summed E-state index contributed by atoms with van der Waals surface area (Å²) in [6.45, 7) is 13.7. The van der Waals surface area contributed by atoms with Crippen LogP contribution in [0.15, 0.2) is 30.3 Å². The van der Waals surface area contributed by atoms with Crippen molar-refractivity contribution in [1.29, 1.82) is 0 Å². The number of carbonyl (C=O) groups is 1. The molecule has 1 aliphatic rings. The molecule has 0 bridgehead atoms. The topological polar surface area (TPSA) is 41.4 Å². The van der Waals surface area contributed by atoms with Crippen molar-refractivity contribution < 1.29 is 4.79 Å². The summed E-state index contributed by atoms with van der Waals surface area (Å²) >= 11 is 0. The normalized spacial score (nSPS) is 15.7. The van der Waals surface area contributed by atoms with E-state index in [1.54, 1.807) is 0 Å². The number of rotatable bonds is 5. The fourth-order valence-electron chi connectivity index (χ4n) is 3.72. The van der Waals surface area contributed by atoms with E-state index in [1.807, 2.05) is 41.6 Å². The van der Waals surface area contributed by atoms with Crippen LogP contribution in [0.4, 0.5) is 0 Å². The zero-order chi connectivity index (χ0) is 18.7. The number of hydrogen-bond acceptors (Lipinski definition) is 3. The summed E-state index contributed by atoms with van der Waals surface area (Å²) in [6, 6.07) is 10.3. The second kappa shape index (κ2) is 8.04. The van der Waals surface area contributed by atoms with Crippen LogP contribution in [0.25, 0.3) is 0 Å². The molecule has 1 fully saturated rings. The summed E-state index contributed by atoms with van der Waals surface area (Å²) in [6.07, 6.45) is 0. The highest BCUT2D eigenvalue weighted by Crippen LogP contribution is 2.18. The number of aryl methyl sites for hydroxylation is 1. The summed E-state index contributed by atoms with van der Waals surface area (Å²) in [7, 11) is 0. The Morgan fingerprint density at radius 3 is 2.35 bits per heavy atom. The lowest BCUT2D eigenvalue weighted by atomic mass is 10.1. The minimum Gasteiger partial charge on any atom is -0.336 e. The Bertz CT molecular complexity index is 743. The van der Waals surface area contributed by atoms with Crippen molar-refractivity contribution in [2.45, 2.75) is 34.2 Å². The second-order valence-electron chi connectivity index (χ2n) is 7.68. The Morgan fingerprint density at radius 2 is 1.73 bits per heavy atom. The zero-order valence-electron chi connectivity index (χ0n) is 16.4. The molecule has 5 nitrogen and oxygen atoms in total. The molecule has 1 aromatic heterocycles. The van der Waals surface area contributed by atoms with Crippen LogP contribution in [0.3, 0.4) is 0 Å². The van der Waals surface area contributed by atoms with Gasteiger partial charge in [0.25, 0.3) is 5.91 Å². The molecule has 140 valence electrons. The van der Waals surface area contributed by atoms with Gasteiger partial charge in [0.15, 0.2) is 0 Å².